The summed E-state index contributed by atoms with van der Waals surface area (Å²) in [7, 11) is 1.87. The monoisotopic (exact) mass is 261 g/mol. The quantitative estimate of drug-likeness (QED) is 0.919. The lowest BCUT2D eigenvalue weighted by molar-refractivity contribution is 0.596. The molecule has 1 aromatic heterocycles. The van der Waals surface area contributed by atoms with E-state index in [2.05, 4.69) is 10.4 Å². The van der Waals surface area contributed by atoms with E-state index in [0.29, 0.717) is 5.56 Å². The van der Waals surface area contributed by atoms with Gasteiger partial charge in [-0.15, -0.1) is 0 Å². The van der Waals surface area contributed by atoms with Crippen molar-refractivity contribution in [1.82, 2.24) is 15.1 Å². The third-order valence-electron chi connectivity index (χ3n) is 3.45. The van der Waals surface area contributed by atoms with Crippen molar-refractivity contribution in [3.63, 3.8) is 0 Å². The van der Waals surface area contributed by atoms with Crippen LogP contribution in [0.4, 0.5) is 4.39 Å². The lowest BCUT2D eigenvalue weighted by atomic mass is 10.0. The first-order valence-corrected chi connectivity index (χ1v) is 6.45. The predicted molar refractivity (Wildman–Crippen MR) is 75.2 cm³/mol. The summed E-state index contributed by atoms with van der Waals surface area (Å²) in [6, 6.07) is 5.54. The Hall–Kier alpha value is -1.68. The molecular formula is C15H20FN3. The molecule has 3 nitrogen and oxygen atoms in total. The largest absolute Gasteiger partial charge is 0.313 e. The van der Waals surface area contributed by atoms with Crippen LogP contribution in [0.15, 0.2) is 18.2 Å². The fourth-order valence-electron chi connectivity index (χ4n) is 2.24. The second-order valence-electron chi connectivity index (χ2n) is 5.01. The van der Waals surface area contributed by atoms with Crippen molar-refractivity contribution in [2.24, 2.45) is 0 Å². The molecule has 0 radical (unpaired) electrons. The molecule has 1 aromatic carbocycles. The number of nitrogens with one attached hydrogen (secondary N) is 1. The van der Waals surface area contributed by atoms with Crippen LogP contribution in [0.5, 0.6) is 0 Å². The Morgan fingerprint density at radius 3 is 2.42 bits per heavy atom. The van der Waals surface area contributed by atoms with E-state index in [1.807, 2.05) is 44.6 Å². The van der Waals surface area contributed by atoms with Crippen LogP contribution >= 0.6 is 0 Å². The summed E-state index contributed by atoms with van der Waals surface area (Å²) < 4.78 is 15.7. The highest BCUT2D eigenvalue weighted by molar-refractivity contribution is 5.46. The van der Waals surface area contributed by atoms with Crippen LogP contribution < -0.4 is 5.32 Å². The lowest BCUT2D eigenvalue weighted by Crippen LogP contribution is -2.16. The molecular weight excluding hydrogens is 241 g/mol. The Morgan fingerprint density at radius 1 is 1.21 bits per heavy atom. The van der Waals surface area contributed by atoms with Crippen molar-refractivity contribution in [3.8, 4) is 5.69 Å². The summed E-state index contributed by atoms with van der Waals surface area (Å²) in [5.41, 5.74) is 4.49. The van der Waals surface area contributed by atoms with Crippen LogP contribution in [0.1, 0.15) is 35.5 Å². The molecule has 1 unspecified atom stereocenters. The van der Waals surface area contributed by atoms with E-state index in [4.69, 9.17) is 0 Å². The van der Waals surface area contributed by atoms with Crippen LogP contribution in [0.25, 0.3) is 5.69 Å². The van der Waals surface area contributed by atoms with E-state index < -0.39 is 0 Å². The van der Waals surface area contributed by atoms with Gasteiger partial charge in [0.1, 0.15) is 5.82 Å². The van der Waals surface area contributed by atoms with Gasteiger partial charge in [0, 0.05) is 11.7 Å². The maximum absolute atomic E-state index is 13.8. The van der Waals surface area contributed by atoms with Crippen molar-refractivity contribution < 1.29 is 4.39 Å². The van der Waals surface area contributed by atoms with Crippen molar-refractivity contribution >= 4 is 0 Å². The Bertz CT molecular complexity index is 602. The van der Waals surface area contributed by atoms with E-state index in [0.717, 1.165) is 22.6 Å². The molecule has 0 spiro atoms. The number of aromatic nitrogens is 2. The Balaban J connectivity index is 2.67. The van der Waals surface area contributed by atoms with Crippen LogP contribution in [-0.2, 0) is 0 Å². The van der Waals surface area contributed by atoms with Gasteiger partial charge in [-0.1, -0.05) is 0 Å². The first kappa shape index (κ1) is 13.7. The van der Waals surface area contributed by atoms with Gasteiger partial charge in [-0.25, -0.2) is 9.07 Å². The molecule has 0 fully saturated rings. The molecule has 1 heterocycles. The SMILES string of the molecule is CNC(C)c1cc(F)c(C)cc1-n1nc(C)cc1C. The van der Waals surface area contributed by atoms with Gasteiger partial charge in [0.15, 0.2) is 0 Å². The summed E-state index contributed by atoms with van der Waals surface area (Å²) in [5, 5.41) is 7.65. The third-order valence-corrected chi connectivity index (χ3v) is 3.45. The van der Waals surface area contributed by atoms with Crippen LogP contribution in [0.3, 0.4) is 0 Å². The van der Waals surface area contributed by atoms with E-state index in [9.17, 15) is 4.39 Å². The molecule has 102 valence electrons. The summed E-state index contributed by atoms with van der Waals surface area (Å²) >= 11 is 0. The molecule has 1 atom stereocenters. The Labute approximate surface area is 113 Å². The zero-order chi connectivity index (χ0) is 14.2. The van der Waals surface area contributed by atoms with E-state index in [1.54, 1.807) is 13.0 Å². The van der Waals surface area contributed by atoms with Crippen LogP contribution in [0, 0.1) is 26.6 Å². The first-order chi connectivity index (χ1) is 8.93. The van der Waals surface area contributed by atoms with Crippen molar-refractivity contribution in [2.45, 2.75) is 33.7 Å². The minimum atomic E-state index is -0.178. The molecule has 0 amide bonds. The van der Waals surface area contributed by atoms with E-state index in [1.165, 1.54) is 0 Å². The minimum absolute atomic E-state index is 0.0639. The maximum atomic E-state index is 13.8. The van der Waals surface area contributed by atoms with Crippen molar-refractivity contribution in [1.29, 1.82) is 0 Å². The number of hydrogen-bond donors (Lipinski definition) is 1. The Morgan fingerprint density at radius 2 is 1.89 bits per heavy atom. The lowest BCUT2D eigenvalue weighted by Gasteiger charge is -2.18. The molecule has 4 heteroatoms. The number of hydrogen-bond acceptors (Lipinski definition) is 2. The minimum Gasteiger partial charge on any atom is -0.313 e. The fourth-order valence-corrected chi connectivity index (χ4v) is 2.24. The van der Waals surface area contributed by atoms with E-state index >= 15 is 0 Å². The number of halogens is 1. The smallest absolute Gasteiger partial charge is 0.126 e. The number of nitrogens with zero attached hydrogens (tertiary/aromatic N) is 2. The second-order valence-corrected chi connectivity index (χ2v) is 5.01. The second kappa shape index (κ2) is 5.13. The van der Waals surface area contributed by atoms with Crippen molar-refractivity contribution in [3.05, 3.63) is 46.5 Å². The standard InChI is InChI=1S/C15H20FN3/c1-9-6-15(19-11(3)7-10(2)18-19)13(8-14(9)16)12(4)17-5/h6-8,12,17H,1-5H3. The maximum Gasteiger partial charge on any atom is 0.126 e. The summed E-state index contributed by atoms with van der Waals surface area (Å²) in [6.45, 7) is 7.76. The highest BCUT2D eigenvalue weighted by atomic mass is 19.1. The van der Waals surface area contributed by atoms with Crippen LogP contribution in [0.2, 0.25) is 0 Å². The molecule has 19 heavy (non-hydrogen) atoms. The van der Waals surface area contributed by atoms with Gasteiger partial charge in [0.05, 0.1) is 11.4 Å². The van der Waals surface area contributed by atoms with Gasteiger partial charge < -0.3 is 5.32 Å². The zero-order valence-electron chi connectivity index (χ0n) is 12.1. The first-order valence-electron chi connectivity index (χ1n) is 6.45. The number of aryl methyl sites for hydroxylation is 3. The van der Waals surface area contributed by atoms with Crippen molar-refractivity contribution in [2.75, 3.05) is 7.05 Å². The molecule has 1 N–H and O–H groups in total. The summed E-state index contributed by atoms with van der Waals surface area (Å²) in [5.74, 6) is -0.178. The average molecular weight is 261 g/mol. The topological polar surface area (TPSA) is 29.9 Å². The molecule has 0 bridgehead atoms. The normalized spacial score (nSPS) is 12.7. The van der Waals surface area contributed by atoms with Gasteiger partial charge >= 0.3 is 0 Å². The molecule has 0 saturated heterocycles. The van der Waals surface area contributed by atoms with Gasteiger partial charge in [0.2, 0.25) is 0 Å². The van der Waals surface area contributed by atoms with Gasteiger partial charge in [-0.3, -0.25) is 0 Å². The molecule has 2 aromatic rings. The van der Waals surface area contributed by atoms with E-state index in [-0.39, 0.29) is 11.9 Å². The molecule has 0 saturated carbocycles. The average Bonchev–Trinajstić information content (AvgIpc) is 2.70. The third kappa shape index (κ3) is 2.54. The highest BCUT2D eigenvalue weighted by Crippen LogP contribution is 2.25. The van der Waals surface area contributed by atoms with Crippen LogP contribution in [-0.4, -0.2) is 16.8 Å². The molecule has 0 aliphatic carbocycles. The summed E-state index contributed by atoms with van der Waals surface area (Å²) in [4.78, 5) is 0. The number of rotatable bonds is 3. The highest BCUT2D eigenvalue weighted by Gasteiger charge is 2.16. The predicted octanol–water partition coefficient (Wildman–Crippen LogP) is 3.22. The molecule has 2 rings (SSSR count). The summed E-state index contributed by atoms with van der Waals surface area (Å²) in [6.07, 6.45) is 0. The fraction of sp³-hybridized carbons (Fsp3) is 0.400. The molecule has 0 aliphatic rings. The molecule has 0 aliphatic heterocycles. The zero-order valence-corrected chi connectivity index (χ0v) is 12.1. The Kier molecular flexibility index (Phi) is 3.71. The van der Waals surface area contributed by atoms with Gasteiger partial charge in [-0.05, 0) is 64.1 Å². The van der Waals surface area contributed by atoms with Gasteiger partial charge in [0.25, 0.3) is 0 Å². The number of benzene rings is 1. The van der Waals surface area contributed by atoms with Gasteiger partial charge in [-0.2, -0.15) is 5.10 Å².